The van der Waals surface area contributed by atoms with E-state index in [2.05, 4.69) is 19.2 Å². The highest BCUT2D eigenvalue weighted by Crippen LogP contribution is 2.16. The number of nitrogens with one attached hydrogen (secondary N) is 1. The second-order valence-corrected chi connectivity index (χ2v) is 6.09. The Bertz CT molecular complexity index is 477. The van der Waals surface area contributed by atoms with Crippen LogP contribution in [0.2, 0.25) is 0 Å². The molecular weight excluding hydrogens is 266 g/mol. The van der Waals surface area contributed by atoms with Crippen molar-refractivity contribution >= 4 is 11.8 Å². The Morgan fingerprint density at radius 2 is 1.67 bits per heavy atom. The van der Waals surface area contributed by atoms with Crippen molar-refractivity contribution in [1.82, 2.24) is 5.32 Å². The number of carboxylic acids is 1. The molecule has 21 heavy (non-hydrogen) atoms. The predicted molar refractivity (Wildman–Crippen MR) is 83.7 cm³/mol. The van der Waals surface area contributed by atoms with Gasteiger partial charge in [-0.05, 0) is 23.9 Å². The molecule has 0 saturated heterocycles. The molecule has 0 radical (unpaired) electrons. The molecule has 0 aromatic heterocycles. The normalized spacial score (nSPS) is 12.7. The molecule has 1 rings (SSSR count). The van der Waals surface area contributed by atoms with Crippen molar-refractivity contribution in [2.24, 2.45) is 5.92 Å². The predicted octanol–water partition coefficient (Wildman–Crippen LogP) is 3.08. The third kappa shape index (κ3) is 5.68. The highest BCUT2D eigenvalue weighted by atomic mass is 16.4. The zero-order valence-electron chi connectivity index (χ0n) is 13.2. The van der Waals surface area contributed by atoms with Crippen LogP contribution in [0.3, 0.4) is 0 Å². The van der Waals surface area contributed by atoms with Crippen molar-refractivity contribution in [1.29, 1.82) is 0 Å². The topological polar surface area (TPSA) is 66.4 Å². The number of hydrogen-bond donors (Lipinski definition) is 2. The first-order valence-electron chi connectivity index (χ1n) is 7.40. The first-order chi connectivity index (χ1) is 9.81. The van der Waals surface area contributed by atoms with E-state index in [-0.39, 0.29) is 12.2 Å². The number of carbonyl (C=O) groups is 2. The van der Waals surface area contributed by atoms with Gasteiger partial charge in [0.15, 0.2) is 5.78 Å². The number of aliphatic carboxylic acids is 1. The lowest BCUT2D eigenvalue weighted by Crippen LogP contribution is -2.40. The van der Waals surface area contributed by atoms with Gasteiger partial charge in [-0.3, -0.25) is 9.59 Å². The number of benzene rings is 1. The molecule has 0 spiro atoms. The van der Waals surface area contributed by atoms with Gasteiger partial charge < -0.3 is 10.4 Å². The molecule has 0 aliphatic carbocycles. The maximum atomic E-state index is 12.4. The molecule has 0 saturated carbocycles. The molecule has 4 nitrogen and oxygen atoms in total. The molecule has 1 aromatic carbocycles. The van der Waals surface area contributed by atoms with Crippen LogP contribution in [0.4, 0.5) is 0 Å². The summed E-state index contributed by atoms with van der Waals surface area (Å²) in [4.78, 5) is 23.4. The van der Waals surface area contributed by atoms with Gasteiger partial charge in [-0.1, -0.05) is 52.0 Å². The number of carboxylic acid groups (broad SMARTS) is 1. The fourth-order valence-electron chi connectivity index (χ4n) is 2.04. The maximum Gasteiger partial charge on any atom is 0.305 e. The standard InChI is InChI=1S/C17H25NO3/c1-11(2)10-18-15(9-16(19)20)17(21)14-7-5-13(6-8-14)12(3)4/h5-8,11-12,15,18H,9-10H2,1-4H3,(H,19,20). The Kier molecular flexibility index (Phi) is 6.56. The van der Waals surface area contributed by atoms with Crippen molar-refractivity contribution in [2.45, 2.75) is 46.1 Å². The summed E-state index contributed by atoms with van der Waals surface area (Å²) in [6.45, 7) is 8.84. The van der Waals surface area contributed by atoms with E-state index in [0.29, 0.717) is 23.9 Å². The van der Waals surface area contributed by atoms with Crippen LogP contribution in [0.15, 0.2) is 24.3 Å². The van der Waals surface area contributed by atoms with E-state index >= 15 is 0 Å². The summed E-state index contributed by atoms with van der Waals surface area (Å²) >= 11 is 0. The van der Waals surface area contributed by atoms with Crippen molar-refractivity contribution in [3.63, 3.8) is 0 Å². The van der Waals surface area contributed by atoms with Gasteiger partial charge in [-0.15, -0.1) is 0 Å². The highest BCUT2D eigenvalue weighted by Gasteiger charge is 2.22. The fourth-order valence-corrected chi connectivity index (χ4v) is 2.04. The minimum atomic E-state index is -0.969. The quantitative estimate of drug-likeness (QED) is 0.722. The van der Waals surface area contributed by atoms with Crippen LogP contribution in [0, 0.1) is 5.92 Å². The van der Waals surface area contributed by atoms with Crippen LogP contribution in [0.25, 0.3) is 0 Å². The molecule has 1 atom stereocenters. The second kappa shape index (κ2) is 7.93. The van der Waals surface area contributed by atoms with Crippen LogP contribution in [0.1, 0.15) is 56.0 Å². The SMILES string of the molecule is CC(C)CNC(CC(=O)O)C(=O)c1ccc(C(C)C)cc1. The summed E-state index contributed by atoms with van der Waals surface area (Å²) in [5.41, 5.74) is 1.72. The van der Waals surface area contributed by atoms with E-state index in [1.807, 2.05) is 26.0 Å². The molecule has 0 fully saturated rings. The molecule has 116 valence electrons. The number of hydrogen-bond acceptors (Lipinski definition) is 3. The molecule has 2 N–H and O–H groups in total. The Morgan fingerprint density at radius 3 is 2.10 bits per heavy atom. The summed E-state index contributed by atoms with van der Waals surface area (Å²) in [5.74, 6) is -0.364. The average Bonchev–Trinajstić information content (AvgIpc) is 2.42. The van der Waals surface area contributed by atoms with E-state index < -0.39 is 12.0 Å². The molecule has 0 aliphatic heterocycles. The monoisotopic (exact) mass is 291 g/mol. The van der Waals surface area contributed by atoms with Gasteiger partial charge in [0.05, 0.1) is 12.5 Å². The van der Waals surface area contributed by atoms with Gasteiger partial charge in [0, 0.05) is 5.56 Å². The largest absolute Gasteiger partial charge is 0.481 e. The average molecular weight is 291 g/mol. The zero-order chi connectivity index (χ0) is 16.0. The lowest BCUT2D eigenvalue weighted by molar-refractivity contribution is -0.137. The summed E-state index contributed by atoms with van der Waals surface area (Å²) in [7, 11) is 0. The van der Waals surface area contributed by atoms with Gasteiger partial charge in [0.25, 0.3) is 0 Å². The zero-order valence-corrected chi connectivity index (χ0v) is 13.2. The van der Waals surface area contributed by atoms with E-state index in [0.717, 1.165) is 5.56 Å². The minimum absolute atomic E-state index is 0.159. The van der Waals surface area contributed by atoms with E-state index in [9.17, 15) is 9.59 Å². The van der Waals surface area contributed by atoms with Gasteiger partial charge >= 0.3 is 5.97 Å². The third-order valence-electron chi connectivity index (χ3n) is 3.33. The molecule has 0 heterocycles. The van der Waals surface area contributed by atoms with Gasteiger partial charge in [0.1, 0.15) is 0 Å². The van der Waals surface area contributed by atoms with Gasteiger partial charge in [-0.25, -0.2) is 0 Å². The number of rotatable bonds is 8. The Hall–Kier alpha value is -1.68. The van der Waals surface area contributed by atoms with E-state index in [1.54, 1.807) is 12.1 Å². The summed E-state index contributed by atoms with van der Waals surface area (Å²) in [6.07, 6.45) is -0.197. The van der Waals surface area contributed by atoms with Crippen molar-refractivity contribution < 1.29 is 14.7 Å². The molecule has 1 unspecified atom stereocenters. The maximum absolute atomic E-state index is 12.4. The van der Waals surface area contributed by atoms with E-state index in [1.165, 1.54) is 0 Å². The number of ketones is 1. The first-order valence-corrected chi connectivity index (χ1v) is 7.40. The van der Waals surface area contributed by atoms with Crippen molar-refractivity contribution in [2.75, 3.05) is 6.54 Å². The molecule has 4 heteroatoms. The first kappa shape index (κ1) is 17.4. The van der Waals surface area contributed by atoms with Crippen LogP contribution in [0.5, 0.6) is 0 Å². The smallest absolute Gasteiger partial charge is 0.305 e. The highest BCUT2D eigenvalue weighted by molar-refractivity contribution is 6.01. The second-order valence-electron chi connectivity index (χ2n) is 6.09. The van der Waals surface area contributed by atoms with Crippen LogP contribution in [-0.2, 0) is 4.79 Å². The molecule has 0 bridgehead atoms. The van der Waals surface area contributed by atoms with Crippen molar-refractivity contribution in [3.8, 4) is 0 Å². The minimum Gasteiger partial charge on any atom is -0.481 e. The number of Topliss-reactive ketones (excluding diaryl/α,β-unsaturated/α-hetero) is 1. The Balaban J connectivity index is 2.85. The molecule has 0 aliphatic rings. The third-order valence-corrected chi connectivity index (χ3v) is 3.33. The molecular formula is C17H25NO3. The van der Waals surface area contributed by atoms with Gasteiger partial charge in [-0.2, -0.15) is 0 Å². The Labute approximate surface area is 126 Å². The van der Waals surface area contributed by atoms with Crippen molar-refractivity contribution in [3.05, 3.63) is 35.4 Å². The van der Waals surface area contributed by atoms with Crippen LogP contribution < -0.4 is 5.32 Å². The molecule has 0 amide bonds. The van der Waals surface area contributed by atoms with Crippen LogP contribution >= 0.6 is 0 Å². The Morgan fingerprint density at radius 1 is 1.10 bits per heavy atom. The van der Waals surface area contributed by atoms with Gasteiger partial charge in [0.2, 0.25) is 0 Å². The lowest BCUT2D eigenvalue weighted by Gasteiger charge is -2.17. The number of carbonyl (C=O) groups excluding carboxylic acids is 1. The van der Waals surface area contributed by atoms with Crippen LogP contribution in [-0.4, -0.2) is 29.4 Å². The lowest BCUT2D eigenvalue weighted by atomic mass is 9.97. The van der Waals surface area contributed by atoms with E-state index in [4.69, 9.17) is 5.11 Å². The fraction of sp³-hybridized carbons (Fsp3) is 0.529. The molecule has 1 aromatic rings. The summed E-state index contributed by atoms with van der Waals surface area (Å²) < 4.78 is 0. The summed E-state index contributed by atoms with van der Waals surface area (Å²) in [6, 6.07) is 6.75. The summed E-state index contributed by atoms with van der Waals surface area (Å²) in [5, 5.41) is 12.0.